The molecule has 4 heteroatoms. The van der Waals surface area contributed by atoms with Gasteiger partial charge < -0.3 is 9.64 Å². The fourth-order valence-corrected chi connectivity index (χ4v) is 1.03. The maximum atomic E-state index is 8.61. The molecule has 68 valence electrons. The summed E-state index contributed by atoms with van der Waals surface area (Å²) in [6.07, 6.45) is 0. The Morgan fingerprint density at radius 1 is 1.38 bits per heavy atom. The van der Waals surface area contributed by atoms with Gasteiger partial charge >= 0.3 is 5.69 Å². The quantitative estimate of drug-likeness (QED) is 0.652. The number of hydrogen-bond acceptors (Lipinski definition) is 3. The minimum atomic E-state index is 0.438. The minimum absolute atomic E-state index is 0.438. The van der Waals surface area contributed by atoms with E-state index in [1.165, 1.54) is 0 Å². The second-order valence-electron chi connectivity index (χ2n) is 2.85. The third-order valence-electron chi connectivity index (χ3n) is 1.79. The molecule has 4 nitrogen and oxygen atoms in total. The van der Waals surface area contributed by atoms with Crippen LogP contribution in [0.5, 0.6) is 5.75 Å². The van der Waals surface area contributed by atoms with Crippen LogP contribution < -0.4 is 9.64 Å². The lowest BCUT2D eigenvalue weighted by molar-refractivity contribution is 0.417. The largest absolute Gasteiger partial charge is 0.489 e. The average Bonchev–Trinajstić information content (AvgIpc) is 2.16. The molecule has 0 heterocycles. The van der Waals surface area contributed by atoms with Crippen molar-refractivity contribution in [2.45, 2.75) is 0 Å². The summed E-state index contributed by atoms with van der Waals surface area (Å²) in [5.41, 5.74) is 1.44. The molecule has 13 heavy (non-hydrogen) atoms. The summed E-state index contributed by atoms with van der Waals surface area (Å²) in [5, 5.41) is 8.61. The van der Waals surface area contributed by atoms with E-state index in [0.717, 1.165) is 5.69 Å². The van der Waals surface area contributed by atoms with Gasteiger partial charge in [-0.05, 0) is 6.07 Å². The van der Waals surface area contributed by atoms with Crippen molar-refractivity contribution >= 4 is 11.4 Å². The Hall–Kier alpha value is -1.76. The average molecular weight is 178 g/mol. The monoisotopic (exact) mass is 178 g/mol. The number of hydrogen-bond donors (Lipinski definition) is 0. The van der Waals surface area contributed by atoms with Crippen LogP contribution in [0.2, 0.25) is 0 Å². The molecular weight excluding hydrogens is 166 g/mol. The summed E-state index contributed by atoms with van der Waals surface area (Å²) in [5.74, 6) is 0.564. The highest BCUT2D eigenvalue weighted by Crippen LogP contribution is 2.30. The summed E-state index contributed by atoms with van der Waals surface area (Å²) in [6, 6.07) is 5.38. The van der Waals surface area contributed by atoms with Crippen LogP contribution in [-0.2, 0) is 0 Å². The second kappa shape index (κ2) is 3.76. The molecule has 0 saturated heterocycles. The Kier molecular flexibility index (Phi) is 2.70. The lowest BCUT2D eigenvalue weighted by Gasteiger charge is -2.11. The topological polar surface area (TPSA) is 40.6 Å². The molecule has 0 saturated carbocycles. The molecule has 0 aliphatic carbocycles. The third kappa shape index (κ3) is 1.88. The molecule has 0 spiro atoms. The van der Waals surface area contributed by atoms with E-state index in [0.29, 0.717) is 11.4 Å². The highest BCUT2D eigenvalue weighted by Gasteiger charge is 2.14. The zero-order valence-corrected chi connectivity index (χ0v) is 7.98. The van der Waals surface area contributed by atoms with Crippen LogP contribution in [0.25, 0.3) is 4.98 Å². The highest BCUT2D eigenvalue weighted by atomic mass is 16.5. The third-order valence-corrected chi connectivity index (χ3v) is 1.79. The van der Waals surface area contributed by atoms with E-state index in [4.69, 9.17) is 10.1 Å². The van der Waals surface area contributed by atoms with Crippen molar-refractivity contribution in [2.24, 2.45) is 0 Å². The first kappa shape index (κ1) is 9.33. The molecule has 0 unspecified atom stereocenters. The van der Waals surface area contributed by atoms with Crippen LogP contribution in [0.4, 0.5) is 11.4 Å². The Bertz CT molecular complexity index is 341. The minimum Gasteiger partial charge on any atom is -0.489 e. The number of benzene rings is 1. The van der Waals surface area contributed by atoms with Crippen molar-refractivity contribution < 1.29 is 4.74 Å². The van der Waals surface area contributed by atoms with Gasteiger partial charge in [-0.25, -0.2) is 0 Å². The fourth-order valence-electron chi connectivity index (χ4n) is 1.03. The van der Waals surface area contributed by atoms with Crippen LogP contribution in [0.1, 0.15) is 0 Å². The first-order chi connectivity index (χ1) is 6.19. The van der Waals surface area contributed by atoms with Gasteiger partial charge in [0.15, 0.2) is 4.98 Å². The molecule has 0 N–H and O–H groups in total. The summed E-state index contributed by atoms with van der Waals surface area (Å²) in [6.45, 7) is 0. The lowest BCUT2D eigenvalue weighted by atomic mass is 10.2. The maximum absolute atomic E-state index is 8.61. The Morgan fingerprint density at radius 3 is 2.54 bits per heavy atom. The first-order valence-corrected chi connectivity index (χ1v) is 3.89. The Balaban J connectivity index is 3.15. The van der Waals surface area contributed by atoms with Crippen molar-refractivity contribution in [1.29, 1.82) is 5.39 Å². The van der Waals surface area contributed by atoms with Gasteiger partial charge in [-0.15, -0.1) is 0 Å². The van der Waals surface area contributed by atoms with E-state index in [2.05, 4.69) is 4.98 Å². The van der Waals surface area contributed by atoms with Crippen molar-refractivity contribution in [2.75, 3.05) is 26.1 Å². The van der Waals surface area contributed by atoms with Crippen molar-refractivity contribution in [3.8, 4) is 5.75 Å². The molecule has 1 rings (SSSR count). The van der Waals surface area contributed by atoms with Crippen molar-refractivity contribution in [3.05, 3.63) is 23.2 Å². The van der Waals surface area contributed by atoms with Gasteiger partial charge in [0.1, 0.15) is 0 Å². The predicted octanol–water partition coefficient (Wildman–Crippen LogP) is 2.25. The number of ether oxygens (including phenoxy) is 1. The molecule has 0 radical (unpaired) electrons. The molecule has 1 aromatic carbocycles. The molecular formula is C9H12N3O+. The van der Waals surface area contributed by atoms with Gasteiger partial charge in [-0.3, -0.25) is 0 Å². The van der Waals surface area contributed by atoms with Crippen molar-refractivity contribution in [1.82, 2.24) is 0 Å². The molecule has 0 aliphatic heterocycles. The van der Waals surface area contributed by atoms with Crippen LogP contribution >= 0.6 is 0 Å². The molecule has 1 aromatic rings. The number of methoxy groups -OCH3 is 1. The first-order valence-electron chi connectivity index (χ1n) is 3.89. The zero-order valence-electron chi connectivity index (χ0n) is 7.98. The predicted molar refractivity (Wildman–Crippen MR) is 52.1 cm³/mol. The standard InChI is InChI=1S/C9H12N3O/c1-12(2)7-4-5-8(11-10)9(6-7)13-3/h4-6H,1-3H3/q+1. The van der Waals surface area contributed by atoms with Gasteiger partial charge in [-0.2, -0.15) is 0 Å². The second-order valence-corrected chi connectivity index (χ2v) is 2.85. The van der Waals surface area contributed by atoms with Gasteiger partial charge in [0, 0.05) is 31.9 Å². The summed E-state index contributed by atoms with van der Waals surface area (Å²) < 4.78 is 5.05. The molecule has 0 amide bonds. The number of anilines is 1. The number of diazo groups is 1. The van der Waals surface area contributed by atoms with Gasteiger partial charge in [0.05, 0.1) is 7.11 Å². The Labute approximate surface area is 77.4 Å². The lowest BCUT2D eigenvalue weighted by Crippen LogP contribution is -2.08. The van der Waals surface area contributed by atoms with Crippen molar-refractivity contribution in [3.63, 3.8) is 0 Å². The molecule has 0 fully saturated rings. The van der Waals surface area contributed by atoms with E-state index in [9.17, 15) is 0 Å². The number of rotatable bonds is 2. The van der Waals surface area contributed by atoms with E-state index in [1.54, 1.807) is 13.2 Å². The van der Waals surface area contributed by atoms with Gasteiger partial charge in [0.2, 0.25) is 11.1 Å². The SMILES string of the molecule is COc1cc(N(C)C)ccc1[N+]#N. The molecule has 0 aliphatic rings. The van der Waals surface area contributed by atoms with Gasteiger partial charge in [-0.1, -0.05) is 0 Å². The summed E-state index contributed by atoms with van der Waals surface area (Å²) in [7, 11) is 5.42. The number of nitrogens with zero attached hydrogens (tertiary/aromatic N) is 3. The zero-order chi connectivity index (χ0) is 9.84. The van der Waals surface area contributed by atoms with Crippen LogP contribution in [-0.4, -0.2) is 21.2 Å². The summed E-state index contributed by atoms with van der Waals surface area (Å²) >= 11 is 0. The van der Waals surface area contributed by atoms with E-state index in [-0.39, 0.29) is 0 Å². The van der Waals surface area contributed by atoms with E-state index >= 15 is 0 Å². The van der Waals surface area contributed by atoms with E-state index in [1.807, 2.05) is 31.1 Å². The summed E-state index contributed by atoms with van der Waals surface area (Å²) in [4.78, 5) is 5.05. The Morgan fingerprint density at radius 2 is 2.08 bits per heavy atom. The molecule has 0 atom stereocenters. The van der Waals surface area contributed by atoms with Gasteiger partial charge in [0.25, 0.3) is 0 Å². The van der Waals surface area contributed by atoms with Crippen LogP contribution in [0.15, 0.2) is 18.2 Å². The molecule has 0 aromatic heterocycles. The smallest absolute Gasteiger partial charge is 0.426 e. The maximum Gasteiger partial charge on any atom is 0.426 e. The van der Waals surface area contributed by atoms with Crippen LogP contribution in [0.3, 0.4) is 0 Å². The van der Waals surface area contributed by atoms with E-state index < -0.39 is 0 Å². The van der Waals surface area contributed by atoms with Crippen LogP contribution in [0, 0.1) is 5.39 Å². The fraction of sp³-hybridized carbons (Fsp3) is 0.333. The normalized spacial score (nSPS) is 9.08. The molecule has 0 bridgehead atoms. The highest BCUT2D eigenvalue weighted by molar-refractivity contribution is 5.64.